The van der Waals surface area contributed by atoms with Gasteiger partial charge in [-0.05, 0) is 31.9 Å². The number of benzene rings is 1. The summed E-state index contributed by atoms with van der Waals surface area (Å²) in [4.78, 5) is 55.9. The summed E-state index contributed by atoms with van der Waals surface area (Å²) >= 11 is 0. The van der Waals surface area contributed by atoms with Gasteiger partial charge < -0.3 is 24.8 Å². The standard InChI is InChI=1S/C25H34N4O5/c1-2-34-25(33)28-14-12-27(13-15-28)24(32)20-10-6-7-11-21(20)26-23(31)18-16-22(30)29(17-18)19-8-4-3-5-9-19/h6-7,10-11,18-19H,2-5,8-9,12-17H2,1H3,(H,26,31)/t18-/m1/s1. The maximum atomic E-state index is 13.2. The van der Waals surface area contributed by atoms with E-state index >= 15 is 0 Å². The number of nitrogens with one attached hydrogen (secondary N) is 1. The van der Waals surface area contributed by atoms with E-state index in [0.29, 0.717) is 50.6 Å². The molecule has 0 bridgehead atoms. The summed E-state index contributed by atoms with van der Waals surface area (Å²) in [5, 5.41) is 2.91. The third-order valence-electron chi connectivity index (χ3n) is 7.05. The lowest BCUT2D eigenvalue weighted by Crippen LogP contribution is -2.50. The predicted molar refractivity (Wildman–Crippen MR) is 126 cm³/mol. The zero-order valence-corrected chi connectivity index (χ0v) is 19.8. The number of nitrogens with zero attached hydrogens (tertiary/aromatic N) is 3. The van der Waals surface area contributed by atoms with Crippen LogP contribution in [0.1, 0.15) is 55.8 Å². The summed E-state index contributed by atoms with van der Waals surface area (Å²) in [5.41, 5.74) is 0.864. The Morgan fingerprint density at radius 3 is 2.38 bits per heavy atom. The maximum absolute atomic E-state index is 13.2. The number of hydrogen-bond acceptors (Lipinski definition) is 5. The van der Waals surface area contributed by atoms with Crippen LogP contribution in [-0.4, -0.2) is 83.9 Å². The van der Waals surface area contributed by atoms with E-state index in [0.717, 1.165) is 25.7 Å². The van der Waals surface area contributed by atoms with Crippen LogP contribution in [0.2, 0.25) is 0 Å². The molecular weight excluding hydrogens is 436 g/mol. The highest BCUT2D eigenvalue weighted by molar-refractivity contribution is 6.05. The van der Waals surface area contributed by atoms with Gasteiger partial charge in [-0.2, -0.15) is 0 Å². The first-order chi connectivity index (χ1) is 16.5. The number of rotatable bonds is 5. The van der Waals surface area contributed by atoms with Crippen LogP contribution in [0.15, 0.2) is 24.3 Å². The Labute approximate surface area is 200 Å². The number of anilines is 1. The molecule has 0 aromatic heterocycles. The van der Waals surface area contributed by atoms with E-state index in [1.165, 1.54) is 6.42 Å². The molecule has 1 aromatic rings. The highest BCUT2D eigenvalue weighted by atomic mass is 16.6. The summed E-state index contributed by atoms with van der Waals surface area (Å²) in [7, 11) is 0. The van der Waals surface area contributed by atoms with Crippen LogP contribution in [0.25, 0.3) is 0 Å². The summed E-state index contributed by atoms with van der Waals surface area (Å²) in [6, 6.07) is 7.21. The van der Waals surface area contributed by atoms with Gasteiger partial charge in [0.25, 0.3) is 5.91 Å². The molecule has 4 amide bonds. The number of likely N-dealkylation sites (tertiary alicyclic amines) is 1. The van der Waals surface area contributed by atoms with Gasteiger partial charge in [0.1, 0.15) is 0 Å². The van der Waals surface area contributed by atoms with Crippen molar-refractivity contribution < 1.29 is 23.9 Å². The second-order valence-electron chi connectivity index (χ2n) is 9.25. The fraction of sp³-hybridized carbons (Fsp3) is 0.600. The van der Waals surface area contributed by atoms with E-state index < -0.39 is 5.92 Å². The Morgan fingerprint density at radius 2 is 1.68 bits per heavy atom. The van der Waals surface area contributed by atoms with Crippen molar-refractivity contribution in [1.29, 1.82) is 0 Å². The highest BCUT2D eigenvalue weighted by Crippen LogP contribution is 2.29. The Bertz CT molecular complexity index is 922. The average molecular weight is 471 g/mol. The lowest BCUT2D eigenvalue weighted by molar-refractivity contribution is -0.130. The fourth-order valence-electron chi connectivity index (χ4n) is 5.14. The second kappa shape index (κ2) is 10.9. The van der Waals surface area contributed by atoms with Gasteiger partial charge in [0.05, 0.1) is 23.8 Å². The number of carbonyl (C=O) groups is 4. The van der Waals surface area contributed by atoms with Crippen LogP contribution in [0.3, 0.4) is 0 Å². The largest absolute Gasteiger partial charge is 0.450 e. The first-order valence-electron chi connectivity index (χ1n) is 12.4. The Hall–Kier alpha value is -3.10. The molecule has 0 spiro atoms. The van der Waals surface area contributed by atoms with E-state index in [1.54, 1.807) is 41.0 Å². The van der Waals surface area contributed by atoms with Gasteiger partial charge in [0.15, 0.2) is 0 Å². The van der Waals surface area contributed by atoms with Crippen molar-refractivity contribution in [3.8, 4) is 0 Å². The number of para-hydroxylation sites is 1. The minimum atomic E-state index is -0.411. The van der Waals surface area contributed by atoms with Gasteiger partial charge in [-0.3, -0.25) is 14.4 Å². The van der Waals surface area contributed by atoms with Crippen LogP contribution in [-0.2, 0) is 14.3 Å². The van der Waals surface area contributed by atoms with Crippen molar-refractivity contribution in [2.75, 3.05) is 44.6 Å². The van der Waals surface area contributed by atoms with Gasteiger partial charge in [-0.25, -0.2) is 4.79 Å². The molecule has 0 radical (unpaired) electrons. The molecular formula is C25H34N4O5. The molecule has 1 atom stereocenters. The number of hydrogen-bond donors (Lipinski definition) is 1. The first kappa shape index (κ1) is 24.0. The van der Waals surface area contributed by atoms with Gasteiger partial charge in [-0.1, -0.05) is 31.4 Å². The van der Waals surface area contributed by atoms with Crippen LogP contribution in [0.4, 0.5) is 10.5 Å². The van der Waals surface area contributed by atoms with E-state index in [2.05, 4.69) is 5.32 Å². The molecule has 1 saturated carbocycles. The molecule has 2 heterocycles. The van der Waals surface area contributed by atoms with Crippen LogP contribution in [0, 0.1) is 5.92 Å². The predicted octanol–water partition coefficient (Wildman–Crippen LogP) is 2.72. The van der Waals surface area contributed by atoms with Crippen molar-refractivity contribution >= 4 is 29.5 Å². The molecule has 3 aliphatic rings. The van der Waals surface area contributed by atoms with Crippen molar-refractivity contribution in [2.24, 2.45) is 5.92 Å². The normalized spacial score (nSPS) is 21.5. The molecule has 9 heteroatoms. The van der Waals surface area contributed by atoms with E-state index in [4.69, 9.17) is 4.74 Å². The number of carbonyl (C=O) groups excluding carboxylic acids is 4. The van der Waals surface area contributed by atoms with Gasteiger partial charge in [0, 0.05) is 45.2 Å². The topological polar surface area (TPSA) is 99.3 Å². The van der Waals surface area contributed by atoms with Crippen molar-refractivity contribution in [3.63, 3.8) is 0 Å². The molecule has 1 aromatic carbocycles. The van der Waals surface area contributed by atoms with Crippen molar-refractivity contribution in [3.05, 3.63) is 29.8 Å². The molecule has 1 N–H and O–H groups in total. The first-order valence-corrected chi connectivity index (χ1v) is 12.4. The minimum absolute atomic E-state index is 0.0517. The quantitative estimate of drug-likeness (QED) is 0.713. The lowest BCUT2D eigenvalue weighted by Gasteiger charge is -2.34. The van der Waals surface area contributed by atoms with Gasteiger partial charge in [-0.15, -0.1) is 0 Å². The molecule has 3 fully saturated rings. The van der Waals surface area contributed by atoms with E-state index in [9.17, 15) is 19.2 Å². The molecule has 184 valence electrons. The third-order valence-corrected chi connectivity index (χ3v) is 7.05. The summed E-state index contributed by atoms with van der Waals surface area (Å²) in [5.74, 6) is -0.772. The zero-order valence-electron chi connectivity index (χ0n) is 19.8. The summed E-state index contributed by atoms with van der Waals surface area (Å²) in [6.07, 6.45) is 5.36. The third kappa shape index (κ3) is 5.34. The Kier molecular flexibility index (Phi) is 7.70. The number of piperazine rings is 1. The molecule has 34 heavy (non-hydrogen) atoms. The Morgan fingerprint density at radius 1 is 1.00 bits per heavy atom. The zero-order chi connectivity index (χ0) is 24.1. The van der Waals surface area contributed by atoms with E-state index in [1.807, 2.05) is 4.90 Å². The molecule has 9 nitrogen and oxygen atoms in total. The highest BCUT2D eigenvalue weighted by Gasteiger charge is 2.38. The Balaban J connectivity index is 1.37. The van der Waals surface area contributed by atoms with Crippen LogP contribution >= 0.6 is 0 Å². The number of amides is 4. The molecule has 0 unspecified atom stereocenters. The smallest absolute Gasteiger partial charge is 0.409 e. The van der Waals surface area contributed by atoms with Crippen LogP contribution < -0.4 is 5.32 Å². The second-order valence-corrected chi connectivity index (χ2v) is 9.25. The van der Waals surface area contributed by atoms with Gasteiger partial charge in [0.2, 0.25) is 11.8 Å². The summed E-state index contributed by atoms with van der Waals surface area (Å²) in [6.45, 7) is 4.12. The van der Waals surface area contributed by atoms with E-state index in [-0.39, 0.29) is 36.3 Å². The maximum Gasteiger partial charge on any atom is 0.409 e. The van der Waals surface area contributed by atoms with Gasteiger partial charge >= 0.3 is 6.09 Å². The summed E-state index contributed by atoms with van der Waals surface area (Å²) < 4.78 is 5.04. The van der Waals surface area contributed by atoms with Crippen molar-refractivity contribution in [2.45, 2.75) is 51.5 Å². The fourth-order valence-corrected chi connectivity index (χ4v) is 5.14. The molecule has 2 aliphatic heterocycles. The molecule has 1 aliphatic carbocycles. The minimum Gasteiger partial charge on any atom is -0.450 e. The lowest BCUT2D eigenvalue weighted by atomic mass is 9.94. The monoisotopic (exact) mass is 470 g/mol. The van der Waals surface area contributed by atoms with Crippen LogP contribution in [0.5, 0.6) is 0 Å². The average Bonchev–Trinajstić information content (AvgIpc) is 3.26. The SMILES string of the molecule is CCOC(=O)N1CCN(C(=O)c2ccccc2NC(=O)[C@@H]2CC(=O)N(C3CCCCC3)C2)CC1. The molecule has 4 rings (SSSR count). The van der Waals surface area contributed by atoms with Crippen molar-refractivity contribution in [1.82, 2.24) is 14.7 Å². The molecule has 2 saturated heterocycles. The number of ether oxygens (including phenoxy) is 1.